The normalized spacial score (nSPS) is 15.7. The minimum absolute atomic E-state index is 0. The van der Waals surface area contributed by atoms with Crippen molar-refractivity contribution in [3.05, 3.63) is 60.2 Å². The molecule has 5 heteroatoms. The van der Waals surface area contributed by atoms with E-state index in [0.717, 1.165) is 43.0 Å². The van der Waals surface area contributed by atoms with E-state index in [2.05, 4.69) is 10.6 Å². The summed E-state index contributed by atoms with van der Waals surface area (Å²) in [6.45, 7) is 3.88. The third kappa shape index (κ3) is 5.48. The van der Waals surface area contributed by atoms with Gasteiger partial charge in [-0.05, 0) is 62.7 Å². The fourth-order valence-corrected chi connectivity index (χ4v) is 2.95. The molecule has 0 saturated carbocycles. The summed E-state index contributed by atoms with van der Waals surface area (Å²) < 4.78 is 5.80. The largest absolute Gasteiger partial charge is 0.457 e. The maximum Gasteiger partial charge on any atom is 0.223 e. The van der Waals surface area contributed by atoms with E-state index in [4.69, 9.17) is 4.74 Å². The summed E-state index contributed by atoms with van der Waals surface area (Å²) in [6, 6.07) is 17.6. The third-order valence-corrected chi connectivity index (χ3v) is 4.43. The van der Waals surface area contributed by atoms with Gasteiger partial charge in [-0.25, -0.2) is 0 Å². The van der Waals surface area contributed by atoms with Crippen molar-refractivity contribution < 1.29 is 9.53 Å². The lowest BCUT2D eigenvalue weighted by molar-refractivity contribution is -0.126. The van der Waals surface area contributed by atoms with E-state index < -0.39 is 0 Å². The summed E-state index contributed by atoms with van der Waals surface area (Å²) in [5.74, 6) is 1.90. The van der Waals surface area contributed by atoms with Crippen molar-refractivity contribution in [1.29, 1.82) is 0 Å². The smallest absolute Gasteiger partial charge is 0.223 e. The number of hydrogen-bond acceptors (Lipinski definition) is 3. The van der Waals surface area contributed by atoms with Crippen LogP contribution in [0.25, 0.3) is 0 Å². The highest BCUT2D eigenvalue weighted by molar-refractivity contribution is 5.85. The van der Waals surface area contributed by atoms with Crippen molar-refractivity contribution in [3.63, 3.8) is 0 Å². The van der Waals surface area contributed by atoms with Crippen molar-refractivity contribution in [2.24, 2.45) is 5.92 Å². The molecule has 1 amide bonds. The van der Waals surface area contributed by atoms with Crippen molar-refractivity contribution in [2.75, 3.05) is 13.1 Å². The van der Waals surface area contributed by atoms with Gasteiger partial charge in [0, 0.05) is 5.92 Å². The van der Waals surface area contributed by atoms with Crippen LogP contribution in [0.2, 0.25) is 0 Å². The Balaban J connectivity index is 0.00000225. The molecule has 2 N–H and O–H groups in total. The predicted octanol–water partition coefficient (Wildman–Crippen LogP) is 4.08. The van der Waals surface area contributed by atoms with Gasteiger partial charge in [0.15, 0.2) is 0 Å². The van der Waals surface area contributed by atoms with Crippen LogP contribution in [-0.4, -0.2) is 19.0 Å². The molecule has 1 saturated heterocycles. The van der Waals surface area contributed by atoms with Gasteiger partial charge in [-0.2, -0.15) is 0 Å². The van der Waals surface area contributed by atoms with Crippen LogP contribution in [0, 0.1) is 5.92 Å². The molecule has 4 nitrogen and oxygen atoms in total. The number of ether oxygens (including phenoxy) is 1. The predicted molar refractivity (Wildman–Crippen MR) is 102 cm³/mol. The summed E-state index contributed by atoms with van der Waals surface area (Å²) in [5.41, 5.74) is 1.08. The summed E-state index contributed by atoms with van der Waals surface area (Å²) in [6.07, 6.45) is 1.84. The highest BCUT2D eigenvalue weighted by Crippen LogP contribution is 2.23. The van der Waals surface area contributed by atoms with E-state index in [1.54, 1.807) is 0 Å². The molecule has 3 rings (SSSR count). The second-order valence-corrected chi connectivity index (χ2v) is 6.24. The molecule has 25 heavy (non-hydrogen) atoms. The molecule has 0 aromatic heterocycles. The Labute approximate surface area is 155 Å². The molecule has 1 aliphatic rings. The van der Waals surface area contributed by atoms with Crippen LogP contribution in [0.5, 0.6) is 11.5 Å². The zero-order valence-electron chi connectivity index (χ0n) is 14.4. The van der Waals surface area contributed by atoms with Crippen molar-refractivity contribution in [2.45, 2.75) is 25.8 Å². The maximum atomic E-state index is 12.3. The Morgan fingerprint density at radius 2 is 1.64 bits per heavy atom. The molecule has 0 spiro atoms. The molecule has 1 heterocycles. The van der Waals surface area contributed by atoms with Gasteiger partial charge >= 0.3 is 0 Å². The summed E-state index contributed by atoms with van der Waals surface area (Å²) >= 11 is 0. The molecule has 1 fully saturated rings. The van der Waals surface area contributed by atoms with E-state index in [1.165, 1.54) is 0 Å². The van der Waals surface area contributed by atoms with Gasteiger partial charge in [-0.1, -0.05) is 30.3 Å². The van der Waals surface area contributed by atoms with Crippen LogP contribution in [0.4, 0.5) is 0 Å². The second kappa shape index (κ2) is 9.44. The number of para-hydroxylation sites is 1. The molecule has 0 radical (unpaired) electrons. The molecule has 1 atom stereocenters. The minimum atomic E-state index is -0.00170. The van der Waals surface area contributed by atoms with Crippen LogP contribution in [0.1, 0.15) is 31.4 Å². The number of carbonyl (C=O) groups is 1. The number of halogens is 1. The van der Waals surface area contributed by atoms with Crippen molar-refractivity contribution in [3.8, 4) is 11.5 Å². The molecule has 0 bridgehead atoms. The molecule has 2 aromatic rings. The van der Waals surface area contributed by atoms with E-state index in [9.17, 15) is 4.79 Å². The minimum Gasteiger partial charge on any atom is -0.457 e. The lowest BCUT2D eigenvalue weighted by Crippen LogP contribution is -2.39. The van der Waals surface area contributed by atoms with Gasteiger partial charge in [-0.15, -0.1) is 12.4 Å². The number of rotatable bonds is 5. The number of hydrogen-bond donors (Lipinski definition) is 2. The van der Waals surface area contributed by atoms with E-state index in [-0.39, 0.29) is 30.3 Å². The lowest BCUT2D eigenvalue weighted by Gasteiger charge is -2.24. The first kappa shape index (κ1) is 19.3. The van der Waals surface area contributed by atoms with Gasteiger partial charge in [0.05, 0.1) is 6.04 Å². The monoisotopic (exact) mass is 360 g/mol. The molecular formula is C20H25ClN2O2. The maximum absolute atomic E-state index is 12.3. The summed E-state index contributed by atoms with van der Waals surface area (Å²) in [5, 5.41) is 6.41. The fourth-order valence-electron chi connectivity index (χ4n) is 2.95. The number of amides is 1. The molecule has 1 aliphatic heterocycles. The first-order chi connectivity index (χ1) is 11.7. The molecule has 0 aliphatic carbocycles. The van der Waals surface area contributed by atoms with Gasteiger partial charge in [0.1, 0.15) is 11.5 Å². The highest BCUT2D eigenvalue weighted by atomic mass is 35.5. The van der Waals surface area contributed by atoms with E-state index >= 15 is 0 Å². The molecule has 134 valence electrons. The SMILES string of the molecule is CC(NC(=O)C1CCNCC1)c1ccc(Oc2ccccc2)cc1.Cl. The van der Waals surface area contributed by atoms with Gasteiger partial charge in [0.2, 0.25) is 5.91 Å². The molecule has 1 unspecified atom stereocenters. The topological polar surface area (TPSA) is 50.4 Å². The third-order valence-electron chi connectivity index (χ3n) is 4.43. The first-order valence-corrected chi connectivity index (χ1v) is 8.56. The van der Waals surface area contributed by atoms with Crippen LogP contribution in [0.3, 0.4) is 0 Å². The van der Waals surface area contributed by atoms with Crippen LogP contribution in [-0.2, 0) is 4.79 Å². The number of carbonyl (C=O) groups excluding carboxylic acids is 1. The Morgan fingerprint density at radius 1 is 1.04 bits per heavy atom. The van der Waals surface area contributed by atoms with Crippen molar-refractivity contribution >= 4 is 18.3 Å². The Morgan fingerprint density at radius 3 is 2.28 bits per heavy atom. The van der Waals surface area contributed by atoms with E-state index in [1.807, 2.05) is 61.5 Å². The highest BCUT2D eigenvalue weighted by Gasteiger charge is 2.22. The lowest BCUT2D eigenvalue weighted by atomic mass is 9.96. The van der Waals surface area contributed by atoms with Gasteiger partial charge < -0.3 is 15.4 Å². The fraction of sp³-hybridized carbons (Fsp3) is 0.350. The van der Waals surface area contributed by atoms with Crippen molar-refractivity contribution in [1.82, 2.24) is 10.6 Å². The second-order valence-electron chi connectivity index (χ2n) is 6.24. The quantitative estimate of drug-likeness (QED) is 0.844. The number of piperidine rings is 1. The standard InChI is InChI=1S/C20H24N2O2.ClH/c1-15(22-20(23)17-11-13-21-14-12-17)16-7-9-19(10-8-16)24-18-5-3-2-4-6-18;/h2-10,15,17,21H,11-14H2,1H3,(H,22,23);1H. The van der Waals surface area contributed by atoms with Gasteiger partial charge in [0.25, 0.3) is 0 Å². The van der Waals surface area contributed by atoms with Crippen LogP contribution >= 0.6 is 12.4 Å². The number of nitrogens with one attached hydrogen (secondary N) is 2. The van der Waals surface area contributed by atoms with E-state index in [0.29, 0.717) is 0 Å². The van der Waals surface area contributed by atoms with Gasteiger partial charge in [-0.3, -0.25) is 4.79 Å². The zero-order valence-corrected chi connectivity index (χ0v) is 15.2. The zero-order chi connectivity index (χ0) is 16.8. The van der Waals surface area contributed by atoms with Crippen LogP contribution in [0.15, 0.2) is 54.6 Å². The first-order valence-electron chi connectivity index (χ1n) is 8.56. The van der Waals surface area contributed by atoms with Crippen LogP contribution < -0.4 is 15.4 Å². The Hall–Kier alpha value is -2.04. The molecule has 2 aromatic carbocycles. The average Bonchev–Trinajstić information content (AvgIpc) is 2.64. The molecular weight excluding hydrogens is 336 g/mol. The summed E-state index contributed by atoms with van der Waals surface area (Å²) in [4.78, 5) is 12.3. The Bertz CT molecular complexity index is 655. The average molecular weight is 361 g/mol. The Kier molecular flexibility index (Phi) is 7.29. The summed E-state index contributed by atoms with van der Waals surface area (Å²) in [7, 11) is 0. The number of benzene rings is 2.